The van der Waals surface area contributed by atoms with Crippen molar-refractivity contribution in [3.05, 3.63) is 35.4 Å². The van der Waals surface area contributed by atoms with E-state index in [9.17, 15) is 18.0 Å². The molecule has 0 aromatic heterocycles. The largest absolute Gasteiger partial charge is 0.416 e. The second-order valence-corrected chi connectivity index (χ2v) is 5.61. The first-order valence-corrected chi connectivity index (χ1v) is 7.14. The van der Waals surface area contributed by atoms with Crippen LogP contribution in [0.5, 0.6) is 0 Å². The topological polar surface area (TPSA) is 32.3 Å². The van der Waals surface area contributed by atoms with Crippen LogP contribution in [0.2, 0.25) is 0 Å². The molecule has 3 rings (SSSR count). The summed E-state index contributed by atoms with van der Waals surface area (Å²) in [5.74, 6) is -0.574. The van der Waals surface area contributed by atoms with Crippen molar-refractivity contribution in [1.82, 2.24) is 10.2 Å². The van der Waals surface area contributed by atoms with Crippen LogP contribution in [0.1, 0.15) is 23.5 Å². The van der Waals surface area contributed by atoms with E-state index in [1.807, 2.05) is 0 Å². The molecule has 1 aromatic rings. The van der Waals surface area contributed by atoms with E-state index in [2.05, 4.69) is 5.32 Å². The van der Waals surface area contributed by atoms with Crippen LogP contribution >= 0.6 is 0 Å². The third kappa shape index (κ3) is 2.90. The highest BCUT2D eigenvalue weighted by Gasteiger charge is 2.49. The highest BCUT2D eigenvalue weighted by molar-refractivity contribution is 5.83. The van der Waals surface area contributed by atoms with Gasteiger partial charge in [0.2, 0.25) is 5.91 Å². The zero-order valence-corrected chi connectivity index (χ0v) is 11.5. The van der Waals surface area contributed by atoms with Gasteiger partial charge in [0.1, 0.15) is 0 Å². The lowest BCUT2D eigenvalue weighted by Crippen LogP contribution is -2.47. The molecule has 3 nitrogen and oxygen atoms in total. The Morgan fingerprint density at radius 2 is 1.86 bits per heavy atom. The molecule has 2 atom stereocenters. The predicted molar refractivity (Wildman–Crippen MR) is 71.7 cm³/mol. The number of rotatable bonds is 2. The third-order valence-corrected chi connectivity index (χ3v) is 4.20. The van der Waals surface area contributed by atoms with Gasteiger partial charge in [0.15, 0.2) is 0 Å². The van der Waals surface area contributed by atoms with E-state index >= 15 is 0 Å². The van der Waals surface area contributed by atoms with Crippen LogP contribution in [0, 0.1) is 5.92 Å². The van der Waals surface area contributed by atoms with Crippen molar-refractivity contribution in [1.29, 1.82) is 0 Å². The normalized spacial score (nSPS) is 25.8. The molecule has 0 unspecified atom stereocenters. The van der Waals surface area contributed by atoms with Gasteiger partial charge < -0.3 is 10.2 Å². The molecule has 2 fully saturated rings. The van der Waals surface area contributed by atoms with Gasteiger partial charge in [0.05, 0.1) is 5.56 Å². The van der Waals surface area contributed by atoms with Gasteiger partial charge >= 0.3 is 6.18 Å². The van der Waals surface area contributed by atoms with Crippen LogP contribution in [-0.4, -0.2) is 37.0 Å². The van der Waals surface area contributed by atoms with Crippen molar-refractivity contribution in [2.75, 3.05) is 26.2 Å². The highest BCUT2D eigenvalue weighted by atomic mass is 19.4. The van der Waals surface area contributed by atoms with Crippen LogP contribution in [0.4, 0.5) is 13.2 Å². The maximum Gasteiger partial charge on any atom is 0.416 e. The zero-order chi connectivity index (χ0) is 15.0. The van der Waals surface area contributed by atoms with Crippen LogP contribution < -0.4 is 5.32 Å². The Kier molecular flexibility index (Phi) is 3.65. The Morgan fingerprint density at radius 3 is 2.52 bits per heavy atom. The number of halogens is 3. The summed E-state index contributed by atoms with van der Waals surface area (Å²) in [6, 6.07) is 5.59. The summed E-state index contributed by atoms with van der Waals surface area (Å²) in [5, 5.41) is 3.16. The lowest BCUT2D eigenvalue weighted by molar-refractivity contribution is -0.138. The van der Waals surface area contributed by atoms with E-state index in [1.54, 1.807) is 11.0 Å². The number of hydrogen-bond donors (Lipinski definition) is 1. The molecular weight excluding hydrogens is 281 g/mol. The number of carbonyl (C=O) groups is 1. The zero-order valence-electron chi connectivity index (χ0n) is 11.5. The monoisotopic (exact) mass is 298 g/mol. The number of piperazine rings is 1. The van der Waals surface area contributed by atoms with Crippen LogP contribution in [0.25, 0.3) is 0 Å². The van der Waals surface area contributed by atoms with Crippen LogP contribution in [-0.2, 0) is 11.0 Å². The molecule has 1 saturated heterocycles. The van der Waals surface area contributed by atoms with E-state index in [0.717, 1.165) is 19.2 Å². The number of amides is 1. The molecule has 0 spiro atoms. The first-order valence-electron chi connectivity index (χ1n) is 7.14. The molecule has 1 N–H and O–H groups in total. The Labute approximate surface area is 121 Å². The van der Waals surface area contributed by atoms with Gasteiger partial charge in [-0.2, -0.15) is 13.2 Å². The molecule has 21 heavy (non-hydrogen) atoms. The van der Waals surface area contributed by atoms with Crippen molar-refractivity contribution in [3.8, 4) is 0 Å². The molecule has 1 aliphatic heterocycles. The van der Waals surface area contributed by atoms with Crippen molar-refractivity contribution in [2.45, 2.75) is 18.5 Å². The first kappa shape index (κ1) is 14.4. The fourth-order valence-corrected chi connectivity index (χ4v) is 3.01. The van der Waals surface area contributed by atoms with E-state index in [4.69, 9.17) is 0 Å². The van der Waals surface area contributed by atoms with Gasteiger partial charge in [-0.05, 0) is 24.0 Å². The minimum Gasteiger partial charge on any atom is -0.340 e. The Morgan fingerprint density at radius 1 is 1.19 bits per heavy atom. The van der Waals surface area contributed by atoms with Gasteiger partial charge in [-0.25, -0.2) is 0 Å². The second-order valence-electron chi connectivity index (χ2n) is 5.61. The fourth-order valence-electron chi connectivity index (χ4n) is 3.01. The second kappa shape index (κ2) is 5.33. The van der Waals surface area contributed by atoms with Crippen molar-refractivity contribution < 1.29 is 18.0 Å². The summed E-state index contributed by atoms with van der Waals surface area (Å²) >= 11 is 0. The quantitative estimate of drug-likeness (QED) is 0.908. The first-order chi connectivity index (χ1) is 9.98. The number of alkyl halides is 3. The van der Waals surface area contributed by atoms with Crippen LogP contribution in [0.15, 0.2) is 24.3 Å². The van der Waals surface area contributed by atoms with Gasteiger partial charge in [0, 0.05) is 32.1 Å². The van der Waals surface area contributed by atoms with Gasteiger partial charge in [0.25, 0.3) is 0 Å². The van der Waals surface area contributed by atoms with E-state index in [0.29, 0.717) is 19.5 Å². The molecule has 0 radical (unpaired) electrons. The Hall–Kier alpha value is -1.56. The Balaban J connectivity index is 1.74. The smallest absolute Gasteiger partial charge is 0.340 e. The van der Waals surface area contributed by atoms with E-state index in [1.165, 1.54) is 12.1 Å². The standard InChI is InChI=1S/C15H17F3N2O/c16-15(17,18)13-4-2-1-3-10(13)11-9-12(11)14(21)20-7-5-19-6-8-20/h1-4,11-12,19H,5-9H2/t11-,12-/m1/s1. The molecule has 1 amide bonds. The molecule has 0 bridgehead atoms. The van der Waals surface area contributed by atoms with Crippen LogP contribution in [0.3, 0.4) is 0 Å². The summed E-state index contributed by atoms with van der Waals surface area (Å²) in [4.78, 5) is 14.1. The molecule has 2 aliphatic rings. The maximum atomic E-state index is 13.0. The average molecular weight is 298 g/mol. The summed E-state index contributed by atoms with van der Waals surface area (Å²) in [6.07, 6.45) is -3.84. The molecule has 1 heterocycles. The van der Waals surface area contributed by atoms with Crippen molar-refractivity contribution >= 4 is 5.91 Å². The number of nitrogens with one attached hydrogen (secondary N) is 1. The van der Waals surface area contributed by atoms with Gasteiger partial charge in [-0.15, -0.1) is 0 Å². The number of carbonyl (C=O) groups excluding carboxylic acids is 1. The Bertz CT molecular complexity index is 538. The summed E-state index contributed by atoms with van der Waals surface area (Å²) in [7, 11) is 0. The molecule has 1 aromatic carbocycles. The molecular formula is C15H17F3N2O. The SMILES string of the molecule is O=C([C@@H]1C[C@@H]1c1ccccc1C(F)(F)F)N1CCNCC1. The number of benzene rings is 1. The summed E-state index contributed by atoms with van der Waals surface area (Å²) < 4.78 is 39.0. The minimum atomic E-state index is -4.36. The third-order valence-electron chi connectivity index (χ3n) is 4.20. The van der Waals surface area contributed by atoms with Gasteiger partial charge in [-0.1, -0.05) is 18.2 Å². The minimum absolute atomic E-state index is 0.00141. The van der Waals surface area contributed by atoms with Crippen molar-refractivity contribution in [3.63, 3.8) is 0 Å². The molecule has 6 heteroatoms. The van der Waals surface area contributed by atoms with E-state index < -0.39 is 11.7 Å². The predicted octanol–water partition coefficient (Wildman–Crippen LogP) is 2.24. The highest BCUT2D eigenvalue weighted by Crippen LogP contribution is 2.51. The maximum absolute atomic E-state index is 13.0. The number of hydrogen-bond acceptors (Lipinski definition) is 2. The van der Waals surface area contributed by atoms with Gasteiger partial charge in [-0.3, -0.25) is 4.79 Å². The average Bonchev–Trinajstić information content (AvgIpc) is 3.27. The van der Waals surface area contributed by atoms with Crippen molar-refractivity contribution in [2.24, 2.45) is 5.92 Å². The summed E-state index contributed by atoms with van der Waals surface area (Å²) in [6.45, 7) is 2.79. The lowest BCUT2D eigenvalue weighted by atomic mass is 10.0. The molecule has 1 aliphatic carbocycles. The fraction of sp³-hybridized carbons (Fsp3) is 0.533. The number of nitrogens with zero attached hydrogens (tertiary/aromatic N) is 1. The van der Waals surface area contributed by atoms with E-state index in [-0.39, 0.29) is 23.3 Å². The molecule has 1 saturated carbocycles. The lowest BCUT2D eigenvalue weighted by Gasteiger charge is -2.27. The summed E-state index contributed by atoms with van der Waals surface area (Å²) in [5.41, 5.74) is -0.343. The molecule has 114 valence electrons.